The van der Waals surface area contributed by atoms with Crippen LogP contribution in [-0.2, 0) is 24.2 Å². The molecule has 0 spiro atoms. The van der Waals surface area contributed by atoms with Crippen molar-refractivity contribution in [3.05, 3.63) is 65.5 Å². The number of para-hydroxylation sites is 2. The lowest BCUT2D eigenvalue weighted by atomic mass is 9.76. The van der Waals surface area contributed by atoms with Crippen LogP contribution in [0, 0.1) is 6.92 Å². The fourth-order valence-corrected chi connectivity index (χ4v) is 3.59. The zero-order valence-corrected chi connectivity index (χ0v) is 17.0. The van der Waals surface area contributed by atoms with Crippen LogP contribution in [0.25, 0.3) is 11.0 Å². The van der Waals surface area contributed by atoms with Crippen molar-refractivity contribution in [2.45, 2.75) is 52.0 Å². The quantitative estimate of drug-likeness (QED) is 0.488. The van der Waals surface area contributed by atoms with E-state index in [0.29, 0.717) is 19.4 Å². The van der Waals surface area contributed by atoms with E-state index in [9.17, 15) is 14.8 Å². The number of hydrogen-bond acceptors (Lipinski definition) is 4. The minimum absolute atomic E-state index is 0.206. The molecule has 0 saturated carbocycles. The van der Waals surface area contributed by atoms with Crippen LogP contribution in [0.2, 0.25) is 0 Å². The van der Waals surface area contributed by atoms with E-state index in [0.717, 1.165) is 28.8 Å². The Morgan fingerprint density at radius 1 is 1.17 bits per heavy atom. The Bertz CT molecular complexity index is 971. The molecule has 1 atom stereocenters. The van der Waals surface area contributed by atoms with Crippen molar-refractivity contribution in [3.8, 4) is 0 Å². The molecule has 3 rings (SSSR count). The number of carbonyl (C=O) groups is 1. The van der Waals surface area contributed by atoms with Gasteiger partial charge >= 0.3 is 7.12 Å². The van der Waals surface area contributed by atoms with Crippen LogP contribution in [0.4, 0.5) is 0 Å². The van der Waals surface area contributed by atoms with Crippen LogP contribution >= 0.6 is 0 Å². The highest BCUT2D eigenvalue weighted by molar-refractivity contribution is 6.43. The van der Waals surface area contributed by atoms with Crippen molar-refractivity contribution in [1.82, 2.24) is 14.9 Å². The maximum atomic E-state index is 12.4. The number of nitrogens with one attached hydrogen (secondary N) is 1. The molecule has 1 aromatic heterocycles. The van der Waals surface area contributed by atoms with E-state index in [4.69, 9.17) is 0 Å². The van der Waals surface area contributed by atoms with Gasteiger partial charge in [0, 0.05) is 13.0 Å². The largest absolute Gasteiger partial charge is 0.475 e. The van der Waals surface area contributed by atoms with Crippen molar-refractivity contribution in [3.63, 3.8) is 0 Å². The highest BCUT2D eigenvalue weighted by atomic mass is 16.4. The first kappa shape index (κ1) is 21.1. The number of rotatable bonds is 9. The summed E-state index contributed by atoms with van der Waals surface area (Å²) in [5, 5.41) is 22.2. The third-order valence-corrected chi connectivity index (χ3v) is 5.26. The summed E-state index contributed by atoms with van der Waals surface area (Å²) in [7, 11) is -1.59. The molecule has 0 saturated heterocycles. The number of aromatic nitrogens is 2. The third kappa shape index (κ3) is 5.46. The van der Waals surface area contributed by atoms with Crippen LogP contribution in [0.1, 0.15) is 36.7 Å². The van der Waals surface area contributed by atoms with E-state index in [-0.39, 0.29) is 12.3 Å². The lowest BCUT2D eigenvalue weighted by Gasteiger charge is -2.18. The highest BCUT2D eigenvalue weighted by Crippen LogP contribution is 2.16. The molecule has 3 aromatic rings. The van der Waals surface area contributed by atoms with Gasteiger partial charge in [-0.25, -0.2) is 4.98 Å². The van der Waals surface area contributed by atoms with E-state index in [2.05, 4.69) is 29.4 Å². The predicted molar refractivity (Wildman–Crippen MR) is 115 cm³/mol. The Labute approximate surface area is 171 Å². The fourth-order valence-electron chi connectivity index (χ4n) is 3.59. The maximum Gasteiger partial charge on any atom is 0.475 e. The molecular formula is C22H28BN3O3. The monoisotopic (exact) mass is 393 g/mol. The molecule has 2 aromatic carbocycles. The van der Waals surface area contributed by atoms with Gasteiger partial charge in [-0.15, -0.1) is 0 Å². The number of nitrogens with zero attached hydrogens (tertiary/aromatic N) is 2. The zero-order valence-electron chi connectivity index (χ0n) is 17.0. The average Bonchev–Trinajstić information content (AvgIpc) is 3.04. The summed E-state index contributed by atoms with van der Waals surface area (Å²) in [5.74, 6) is -0.0513. The van der Waals surface area contributed by atoms with Gasteiger partial charge in [-0.05, 0) is 49.4 Å². The Morgan fingerprint density at radius 2 is 1.93 bits per heavy atom. The Hall–Kier alpha value is -2.64. The molecular weight excluding hydrogens is 365 g/mol. The van der Waals surface area contributed by atoms with Crippen LogP contribution in [0.15, 0.2) is 48.5 Å². The second kappa shape index (κ2) is 9.72. The Balaban J connectivity index is 1.57. The van der Waals surface area contributed by atoms with Gasteiger partial charge in [0.25, 0.3) is 0 Å². The molecule has 0 aliphatic heterocycles. The zero-order chi connectivity index (χ0) is 20.8. The fraction of sp³-hybridized carbons (Fsp3) is 0.364. The summed E-state index contributed by atoms with van der Waals surface area (Å²) >= 11 is 0. The summed E-state index contributed by atoms with van der Waals surface area (Å²) in [5.41, 5.74) is 4.27. The summed E-state index contributed by atoms with van der Waals surface area (Å²) in [6.45, 7) is 4.51. The molecule has 0 bridgehead atoms. The molecule has 1 amide bonds. The standard InChI is InChI=1S/C22H28BN3O3/c1-3-17-7-6-8-18(15-17)11-12-21(23(28)29)25-22(27)13-14-26-16(2)24-19-9-4-5-10-20(19)26/h4-10,15,21,28-29H,3,11-14H2,1-2H3,(H,25,27)/t21-/m0/s1. The van der Waals surface area contributed by atoms with Crippen molar-refractivity contribution in [2.75, 3.05) is 0 Å². The lowest BCUT2D eigenvalue weighted by molar-refractivity contribution is -0.121. The second-order valence-electron chi connectivity index (χ2n) is 7.35. The first-order valence-electron chi connectivity index (χ1n) is 10.1. The SMILES string of the molecule is CCc1cccc(CC[C@H](NC(=O)CCn2c(C)nc3ccccc32)B(O)O)c1. The van der Waals surface area contributed by atoms with E-state index in [1.807, 2.05) is 47.9 Å². The van der Waals surface area contributed by atoms with E-state index < -0.39 is 13.1 Å². The Kier molecular flexibility index (Phi) is 7.06. The summed E-state index contributed by atoms with van der Waals surface area (Å²) in [6, 6.07) is 16.0. The summed E-state index contributed by atoms with van der Waals surface area (Å²) in [4.78, 5) is 17.0. The van der Waals surface area contributed by atoms with E-state index >= 15 is 0 Å². The van der Waals surface area contributed by atoms with Crippen LogP contribution in [0.5, 0.6) is 0 Å². The highest BCUT2D eigenvalue weighted by Gasteiger charge is 2.25. The van der Waals surface area contributed by atoms with Crippen LogP contribution in [0.3, 0.4) is 0 Å². The number of carbonyl (C=O) groups excluding carboxylic acids is 1. The first-order chi connectivity index (χ1) is 14.0. The Morgan fingerprint density at radius 3 is 2.69 bits per heavy atom. The molecule has 3 N–H and O–H groups in total. The topological polar surface area (TPSA) is 87.4 Å². The van der Waals surface area contributed by atoms with Gasteiger partial charge in [0.1, 0.15) is 5.82 Å². The smallest absolute Gasteiger partial charge is 0.426 e. The number of benzene rings is 2. The van der Waals surface area contributed by atoms with Crippen molar-refractivity contribution in [2.24, 2.45) is 0 Å². The minimum atomic E-state index is -1.59. The lowest BCUT2D eigenvalue weighted by Crippen LogP contribution is -2.46. The molecule has 0 aliphatic rings. The van der Waals surface area contributed by atoms with Gasteiger partial charge in [-0.3, -0.25) is 4.79 Å². The van der Waals surface area contributed by atoms with E-state index in [1.165, 1.54) is 5.56 Å². The maximum absolute atomic E-state index is 12.4. The molecule has 1 heterocycles. The number of amides is 1. The molecule has 0 fully saturated rings. The number of hydrogen-bond donors (Lipinski definition) is 3. The third-order valence-electron chi connectivity index (χ3n) is 5.26. The van der Waals surface area contributed by atoms with Crippen LogP contribution in [-0.4, -0.2) is 38.6 Å². The van der Waals surface area contributed by atoms with Gasteiger partial charge in [-0.1, -0.05) is 43.3 Å². The molecule has 152 valence electrons. The van der Waals surface area contributed by atoms with Gasteiger partial charge in [0.05, 0.1) is 17.0 Å². The van der Waals surface area contributed by atoms with Gasteiger partial charge in [0.2, 0.25) is 5.91 Å². The van der Waals surface area contributed by atoms with Crippen molar-refractivity contribution >= 4 is 24.1 Å². The number of imidazole rings is 1. The molecule has 6 nitrogen and oxygen atoms in total. The van der Waals surface area contributed by atoms with Crippen LogP contribution < -0.4 is 5.32 Å². The summed E-state index contributed by atoms with van der Waals surface area (Å²) in [6.07, 6.45) is 2.33. The van der Waals surface area contributed by atoms with E-state index in [1.54, 1.807) is 0 Å². The second-order valence-corrected chi connectivity index (χ2v) is 7.35. The molecule has 29 heavy (non-hydrogen) atoms. The normalized spacial score (nSPS) is 12.1. The van der Waals surface area contributed by atoms with Crippen molar-refractivity contribution < 1.29 is 14.8 Å². The van der Waals surface area contributed by atoms with Gasteiger partial charge in [-0.2, -0.15) is 0 Å². The molecule has 0 aliphatic carbocycles. The average molecular weight is 393 g/mol. The number of fused-ring (bicyclic) bond motifs is 1. The molecule has 0 unspecified atom stereocenters. The molecule has 7 heteroatoms. The summed E-state index contributed by atoms with van der Waals surface area (Å²) < 4.78 is 2.01. The molecule has 0 radical (unpaired) electrons. The van der Waals surface area contributed by atoms with Gasteiger partial charge < -0.3 is 19.9 Å². The predicted octanol–water partition coefficient (Wildman–Crippen LogP) is 2.43. The minimum Gasteiger partial charge on any atom is -0.426 e. The number of aryl methyl sites for hydroxylation is 4. The first-order valence-corrected chi connectivity index (χ1v) is 10.1. The van der Waals surface area contributed by atoms with Crippen molar-refractivity contribution in [1.29, 1.82) is 0 Å². The van der Waals surface area contributed by atoms with Gasteiger partial charge in [0.15, 0.2) is 0 Å².